The lowest BCUT2D eigenvalue weighted by Crippen LogP contribution is -2.21. The molecule has 2 aromatic rings. The molecule has 1 aliphatic heterocycles. The van der Waals surface area contributed by atoms with Gasteiger partial charge in [-0.3, -0.25) is 0 Å². The van der Waals surface area contributed by atoms with Gasteiger partial charge in [0.2, 0.25) is 5.16 Å². The Morgan fingerprint density at radius 3 is 2.32 bits per heavy atom. The molecule has 0 radical (unpaired) electrons. The number of halogens is 4. The molecular formula is C11H9F4N5OS. The largest absolute Gasteiger partial charge is 0.381 e. The molecule has 1 aliphatic rings. The van der Waals surface area contributed by atoms with Gasteiger partial charge in [0.1, 0.15) is 0 Å². The van der Waals surface area contributed by atoms with Crippen LogP contribution in [0.1, 0.15) is 18.9 Å². The first kappa shape index (κ1) is 15.2. The van der Waals surface area contributed by atoms with Crippen LogP contribution in [0.15, 0.2) is 10.1 Å². The summed E-state index contributed by atoms with van der Waals surface area (Å²) in [5.41, 5.74) is 0. The van der Waals surface area contributed by atoms with E-state index in [0.717, 1.165) is 0 Å². The highest BCUT2D eigenvalue weighted by Gasteiger charge is 2.26. The molecule has 118 valence electrons. The Morgan fingerprint density at radius 1 is 1.05 bits per heavy atom. The van der Waals surface area contributed by atoms with E-state index in [0.29, 0.717) is 37.8 Å². The van der Waals surface area contributed by atoms with Crippen LogP contribution in [0.25, 0.3) is 0 Å². The summed E-state index contributed by atoms with van der Waals surface area (Å²) in [6.07, 6.45) is 1.26. The molecule has 1 saturated heterocycles. The Bertz CT molecular complexity index is 665. The van der Waals surface area contributed by atoms with Crippen LogP contribution < -0.4 is 0 Å². The van der Waals surface area contributed by atoms with Crippen molar-refractivity contribution in [1.82, 2.24) is 25.2 Å². The lowest BCUT2D eigenvalue weighted by molar-refractivity contribution is 0.0631. The Hall–Kier alpha value is -1.75. The molecule has 0 bridgehead atoms. The monoisotopic (exact) mass is 335 g/mol. The van der Waals surface area contributed by atoms with Crippen LogP contribution in [0, 0.1) is 23.5 Å². The number of ether oxygens (including phenoxy) is 1. The topological polar surface area (TPSA) is 65.7 Å². The third-order valence-corrected chi connectivity index (χ3v) is 4.16. The second kappa shape index (κ2) is 6.16. The zero-order chi connectivity index (χ0) is 15.7. The van der Waals surface area contributed by atoms with E-state index in [2.05, 4.69) is 20.5 Å². The molecular weight excluding hydrogens is 326 g/mol. The quantitative estimate of drug-likeness (QED) is 0.632. The molecule has 0 aliphatic carbocycles. The molecule has 11 heteroatoms. The fourth-order valence-electron chi connectivity index (χ4n) is 2.06. The van der Waals surface area contributed by atoms with E-state index in [1.807, 2.05) is 0 Å². The first-order valence-electron chi connectivity index (χ1n) is 6.31. The second-order valence-electron chi connectivity index (χ2n) is 4.50. The minimum Gasteiger partial charge on any atom is -0.381 e. The molecule has 0 unspecified atom stereocenters. The zero-order valence-corrected chi connectivity index (χ0v) is 11.8. The molecule has 0 aromatic carbocycles. The maximum absolute atomic E-state index is 13.6. The molecule has 0 spiro atoms. The fraction of sp³-hybridized carbons (Fsp3) is 0.455. The lowest BCUT2D eigenvalue weighted by atomic mass is 10.1. The minimum absolute atomic E-state index is 0.0368. The van der Waals surface area contributed by atoms with Crippen molar-refractivity contribution in [3.63, 3.8) is 0 Å². The molecule has 0 amide bonds. The zero-order valence-electron chi connectivity index (χ0n) is 11.0. The van der Waals surface area contributed by atoms with E-state index >= 15 is 0 Å². The van der Waals surface area contributed by atoms with E-state index in [1.165, 1.54) is 4.68 Å². The van der Waals surface area contributed by atoms with Crippen molar-refractivity contribution in [2.75, 3.05) is 13.2 Å². The van der Waals surface area contributed by atoms with Crippen LogP contribution >= 0.6 is 11.8 Å². The van der Waals surface area contributed by atoms with Gasteiger partial charge in [0, 0.05) is 13.2 Å². The van der Waals surface area contributed by atoms with Gasteiger partial charge < -0.3 is 4.74 Å². The van der Waals surface area contributed by atoms with E-state index in [1.54, 1.807) is 0 Å². The molecule has 0 atom stereocenters. The normalized spacial score (nSPS) is 16.2. The predicted octanol–water partition coefficient (Wildman–Crippen LogP) is 2.13. The Balaban J connectivity index is 1.93. The Morgan fingerprint density at radius 2 is 1.68 bits per heavy atom. The SMILES string of the molecule is Fc1nc(F)c(F)c(Sc2nnnn2C2CCOCC2)c1F. The molecule has 3 rings (SSSR count). The number of hydrogen-bond acceptors (Lipinski definition) is 6. The van der Waals surface area contributed by atoms with Gasteiger partial charge in [-0.1, -0.05) is 0 Å². The van der Waals surface area contributed by atoms with Crippen molar-refractivity contribution in [2.45, 2.75) is 28.9 Å². The summed E-state index contributed by atoms with van der Waals surface area (Å²) >= 11 is 0.412. The van der Waals surface area contributed by atoms with Crippen molar-refractivity contribution < 1.29 is 22.3 Å². The van der Waals surface area contributed by atoms with Gasteiger partial charge >= 0.3 is 0 Å². The van der Waals surface area contributed by atoms with Gasteiger partial charge in [-0.05, 0) is 35.0 Å². The number of aromatic nitrogens is 5. The average Bonchev–Trinajstić information content (AvgIpc) is 2.99. The standard InChI is InChI=1S/C11H9F4N5OS/c12-6-8(7(13)10(15)16-9(6)14)22-11-17-18-19-20(11)5-1-3-21-4-2-5/h5H,1-4H2. The second-order valence-corrected chi connectivity index (χ2v) is 5.48. The van der Waals surface area contributed by atoms with Crippen molar-refractivity contribution >= 4 is 11.8 Å². The average molecular weight is 335 g/mol. The molecule has 1 fully saturated rings. The van der Waals surface area contributed by atoms with Crippen LogP contribution in [0.3, 0.4) is 0 Å². The van der Waals surface area contributed by atoms with Gasteiger partial charge in [0.05, 0.1) is 10.9 Å². The van der Waals surface area contributed by atoms with Crippen LogP contribution in [0.5, 0.6) is 0 Å². The van der Waals surface area contributed by atoms with E-state index in [9.17, 15) is 17.6 Å². The Kier molecular flexibility index (Phi) is 4.25. The number of tetrazole rings is 1. The molecule has 3 heterocycles. The van der Waals surface area contributed by atoms with Crippen LogP contribution in [-0.4, -0.2) is 38.4 Å². The summed E-state index contributed by atoms with van der Waals surface area (Å²) in [6, 6.07) is -0.103. The summed E-state index contributed by atoms with van der Waals surface area (Å²) in [5.74, 6) is -6.59. The van der Waals surface area contributed by atoms with Crippen molar-refractivity contribution in [1.29, 1.82) is 0 Å². The van der Waals surface area contributed by atoms with Crippen molar-refractivity contribution in [3.8, 4) is 0 Å². The Labute approximate surface area is 125 Å². The number of pyridine rings is 1. The molecule has 6 nitrogen and oxygen atoms in total. The van der Waals surface area contributed by atoms with Crippen molar-refractivity contribution in [3.05, 3.63) is 23.5 Å². The first-order valence-corrected chi connectivity index (χ1v) is 7.13. The predicted molar refractivity (Wildman–Crippen MR) is 65.1 cm³/mol. The summed E-state index contributed by atoms with van der Waals surface area (Å²) in [7, 11) is 0. The maximum atomic E-state index is 13.6. The number of rotatable bonds is 3. The lowest BCUT2D eigenvalue weighted by Gasteiger charge is -2.22. The molecule has 22 heavy (non-hydrogen) atoms. The third-order valence-electron chi connectivity index (χ3n) is 3.15. The summed E-state index contributed by atoms with van der Waals surface area (Å²) < 4.78 is 60.1. The van der Waals surface area contributed by atoms with Gasteiger partial charge in [-0.25, -0.2) is 13.5 Å². The van der Waals surface area contributed by atoms with E-state index in [4.69, 9.17) is 4.74 Å². The summed E-state index contributed by atoms with van der Waals surface area (Å²) in [6.45, 7) is 1.02. The number of nitrogens with zero attached hydrogens (tertiary/aromatic N) is 5. The van der Waals surface area contributed by atoms with Crippen LogP contribution in [0.4, 0.5) is 17.6 Å². The third kappa shape index (κ3) is 2.77. The smallest absolute Gasteiger partial charge is 0.252 e. The first-order chi connectivity index (χ1) is 10.6. The van der Waals surface area contributed by atoms with Gasteiger partial charge in [-0.15, -0.1) is 5.10 Å². The van der Waals surface area contributed by atoms with Crippen LogP contribution in [0.2, 0.25) is 0 Å². The molecule has 2 aromatic heterocycles. The number of hydrogen-bond donors (Lipinski definition) is 0. The highest BCUT2D eigenvalue weighted by molar-refractivity contribution is 7.99. The van der Waals surface area contributed by atoms with Gasteiger partial charge in [0.15, 0.2) is 11.6 Å². The van der Waals surface area contributed by atoms with E-state index in [-0.39, 0.29) is 11.2 Å². The fourth-order valence-corrected chi connectivity index (χ4v) is 2.95. The molecule has 0 N–H and O–H groups in total. The minimum atomic E-state index is -1.72. The van der Waals surface area contributed by atoms with Crippen LogP contribution in [-0.2, 0) is 4.74 Å². The van der Waals surface area contributed by atoms with Gasteiger partial charge in [-0.2, -0.15) is 13.8 Å². The molecule has 0 saturated carbocycles. The summed E-state index contributed by atoms with van der Waals surface area (Å²) in [4.78, 5) is 1.64. The maximum Gasteiger partial charge on any atom is 0.252 e. The van der Waals surface area contributed by atoms with Gasteiger partial charge in [0.25, 0.3) is 11.9 Å². The summed E-state index contributed by atoms with van der Waals surface area (Å²) in [5, 5.41) is 10.9. The van der Waals surface area contributed by atoms with E-state index < -0.39 is 28.4 Å². The highest BCUT2D eigenvalue weighted by Crippen LogP contribution is 2.34. The van der Waals surface area contributed by atoms with Crippen molar-refractivity contribution in [2.24, 2.45) is 0 Å². The highest BCUT2D eigenvalue weighted by atomic mass is 32.2.